The Kier molecular flexibility index (Phi) is 6.59. The van der Waals surface area contributed by atoms with Gasteiger partial charge in [0.2, 0.25) is 10.0 Å². The minimum atomic E-state index is -3.57. The monoisotopic (exact) mass is 368 g/mol. The molecule has 0 radical (unpaired) electrons. The molecule has 0 heterocycles. The van der Waals surface area contributed by atoms with Crippen LogP contribution in [0.4, 0.5) is 5.69 Å². The van der Waals surface area contributed by atoms with Crippen LogP contribution in [0.25, 0.3) is 0 Å². The molecule has 7 heteroatoms. The predicted octanol–water partition coefficient (Wildman–Crippen LogP) is 2.78. The summed E-state index contributed by atoms with van der Waals surface area (Å²) in [5.41, 5.74) is 1.12. The Bertz CT molecular complexity index is 710. The molecule has 1 aromatic carbocycles. The molecule has 1 aliphatic carbocycles. The van der Waals surface area contributed by atoms with E-state index in [0.717, 1.165) is 0 Å². The summed E-state index contributed by atoms with van der Waals surface area (Å²) in [6.45, 7) is 8.48. The molecule has 1 aromatic rings. The van der Waals surface area contributed by atoms with Crippen LogP contribution in [0.1, 0.15) is 39.2 Å². The summed E-state index contributed by atoms with van der Waals surface area (Å²) in [5.74, 6) is 0.316. The van der Waals surface area contributed by atoms with Crippen LogP contribution in [0.5, 0.6) is 0 Å². The molecule has 1 N–H and O–H groups in total. The van der Waals surface area contributed by atoms with Crippen molar-refractivity contribution in [2.45, 2.75) is 51.5 Å². The molecule has 140 valence electrons. The van der Waals surface area contributed by atoms with Gasteiger partial charge in [-0.15, -0.1) is 0 Å². The second-order valence-electron chi connectivity index (χ2n) is 6.48. The number of nitrogens with zero attached hydrogens (tertiary/aromatic N) is 1. The summed E-state index contributed by atoms with van der Waals surface area (Å²) in [7, 11) is -3.57. The van der Waals surface area contributed by atoms with Crippen molar-refractivity contribution >= 4 is 21.6 Å². The van der Waals surface area contributed by atoms with E-state index in [-0.39, 0.29) is 10.8 Å². The van der Waals surface area contributed by atoms with Gasteiger partial charge in [0.25, 0.3) is 5.91 Å². The molecule has 1 saturated carbocycles. The van der Waals surface area contributed by atoms with E-state index in [9.17, 15) is 13.2 Å². The van der Waals surface area contributed by atoms with E-state index < -0.39 is 16.1 Å². The minimum absolute atomic E-state index is 0.223. The molecule has 0 aromatic heterocycles. The molecule has 0 saturated heterocycles. The summed E-state index contributed by atoms with van der Waals surface area (Å²) in [6, 6.07) is 4.94. The van der Waals surface area contributed by atoms with Gasteiger partial charge in [-0.1, -0.05) is 19.9 Å². The highest BCUT2D eigenvalue weighted by atomic mass is 32.2. The number of carbonyl (C=O) groups is 1. The fourth-order valence-electron chi connectivity index (χ4n) is 2.54. The number of anilines is 1. The molecule has 1 amide bonds. The van der Waals surface area contributed by atoms with Gasteiger partial charge in [-0.25, -0.2) is 8.42 Å². The Morgan fingerprint density at radius 2 is 1.96 bits per heavy atom. The van der Waals surface area contributed by atoms with E-state index in [1.165, 1.54) is 23.2 Å². The molecular formula is C18H28N2O4S. The van der Waals surface area contributed by atoms with Gasteiger partial charge in [0.1, 0.15) is 6.10 Å². The number of aryl methyl sites for hydroxylation is 1. The van der Waals surface area contributed by atoms with Crippen molar-refractivity contribution in [1.82, 2.24) is 4.31 Å². The maximum atomic E-state index is 12.8. The number of benzene rings is 1. The van der Waals surface area contributed by atoms with Gasteiger partial charge in [0, 0.05) is 18.8 Å². The molecule has 0 spiro atoms. The van der Waals surface area contributed by atoms with Gasteiger partial charge in [-0.3, -0.25) is 4.79 Å². The maximum Gasteiger partial charge on any atom is 0.253 e. The summed E-state index contributed by atoms with van der Waals surface area (Å²) in [5, 5.41) is 2.75. The van der Waals surface area contributed by atoms with Crippen LogP contribution in [0.3, 0.4) is 0 Å². The second-order valence-corrected chi connectivity index (χ2v) is 8.38. The van der Waals surface area contributed by atoms with E-state index in [1.54, 1.807) is 39.8 Å². The Balaban J connectivity index is 2.13. The molecule has 0 bridgehead atoms. The van der Waals surface area contributed by atoms with E-state index in [4.69, 9.17) is 4.74 Å². The first-order valence-electron chi connectivity index (χ1n) is 8.82. The zero-order chi connectivity index (χ0) is 18.6. The third kappa shape index (κ3) is 5.03. The fraction of sp³-hybridized carbons (Fsp3) is 0.611. The molecule has 1 fully saturated rings. The van der Waals surface area contributed by atoms with Crippen molar-refractivity contribution in [2.24, 2.45) is 5.92 Å². The standard InChI is InChI=1S/C18H28N2O4S/c1-5-20(6-2)25(22,23)17-11-16(10-7-13(17)3)19-18(21)14(4)24-12-15-8-9-15/h7,10-11,14-15H,5-6,8-9,12H2,1-4H3,(H,19,21). The van der Waals surface area contributed by atoms with Gasteiger partial charge in [-0.2, -0.15) is 4.31 Å². The maximum absolute atomic E-state index is 12.8. The van der Waals surface area contributed by atoms with Crippen LogP contribution in [0.2, 0.25) is 0 Å². The molecule has 1 unspecified atom stereocenters. The Labute approximate surface area is 150 Å². The number of carbonyl (C=O) groups excluding carboxylic acids is 1. The van der Waals surface area contributed by atoms with Crippen LogP contribution >= 0.6 is 0 Å². The highest BCUT2D eigenvalue weighted by molar-refractivity contribution is 7.89. The summed E-state index contributed by atoms with van der Waals surface area (Å²) < 4.78 is 32.5. The zero-order valence-corrected chi connectivity index (χ0v) is 16.2. The first-order chi connectivity index (χ1) is 11.8. The third-order valence-electron chi connectivity index (χ3n) is 4.43. The quantitative estimate of drug-likeness (QED) is 0.727. The lowest BCUT2D eigenvalue weighted by Gasteiger charge is -2.20. The Morgan fingerprint density at radius 1 is 1.32 bits per heavy atom. The topological polar surface area (TPSA) is 75.7 Å². The summed E-state index contributed by atoms with van der Waals surface area (Å²) >= 11 is 0. The van der Waals surface area contributed by atoms with Crippen molar-refractivity contribution in [3.8, 4) is 0 Å². The van der Waals surface area contributed by atoms with Crippen LogP contribution < -0.4 is 5.32 Å². The number of rotatable bonds is 9. The molecular weight excluding hydrogens is 340 g/mol. The van der Waals surface area contributed by atoms with E-state index in [1.807, 2.05) is 0 Å². The molecule has 25 heavy (non-hydrogen) atoms. The van der Waals surface area contributed by atoms with Gasteiger partial charge >= 0.3 is 0 Å². The van der Waals surface area contributed by atoms with Gasteiger partial charge < -0.3 is 10.1 Å². The summed E-state index contributed by atoms with van der Waals surface area (Å²) in [6.07, 6.45) is 1.77. The van der Waals surface area contributed by atoms with Crippen molar-refractivity contribution in [1.29, 1.82) is 0 Å². The van der Waals surface area contributed by atoms with Gasteiger partial charge in [0.15, 0.2) is 0 Å². The van der Waals surface area contributed by atoms with Gasteiger partial charge in [0.05, 0.1) is 11.5 Å². The van der Waals surface area contributed by atoms with Gasteiger partial charge in [-0.05, 0) is 50.3 Å². The fourth-order valence-corrected chi connectivity index (χ4v) is 4.25. The Morgan fingerprint density at radius 3 is 2.52 bits per heavy atom. The predicted molar refractivity (Wildman–Crippen MR) is 98.1 cm³/mol. The first-order valence-corrected chi connectivity index (χ1v) is 10.3. The lowest BCUT2D eigenvalue weighted by atomic mass is 10.2. The first kappa shape index (κ1) is 19.9. The van der Waals surface area contributed by atoms with Crippen molar-refractivity contribution in [2.75, 3.05) is 25.0 Å². The lowest BCUT2D eigenvalue weighted by molar-refractivity contribution is -0.126. The number of hydrogen-bond donors (Lipinski definition) is 1. The third-order valence-corrected chi connectivity index (χ3v) is 6.62. The molecule has 1 aliphatic rings. The lowest BCUT2D eigenvalue weighted by Crippen LogP contribution is -2.31. The second kappa shape index (κ2) is 8.29. The van der Waals surface area contributed by atoms with E-state index in [0.29, 0.717) is 36.9 Å². The molecule has 1 atom stereocenters. The molecule has 0 aliphatic heterocycles. The van der Waals surface area contributed by atoms with Crippen molar-refractivity contribution < 1.29 is 17.9 Å². The SMILES string of the molecule is CCN(CC)S(=O)(=O)c1cc(NC(=O)C(C)OCC2CC2)ccc1C. The largest absolute Gasteiger partial charge is 0.368 e. The summed E-state index contributed by atoms with van der Waals surface area (Å²) in [4.78, 5) is 12.5. The van der Waals surface area contributed by atoms with E-state index in [2.05, 4.69) is 5.32 Å². The molecule has 2 rings (SSSR count). The number of sulfonamides is 1. The Hall–Kier alpha value is -1.44. The number of ether oxygens (including phenoxy) is 1. The highest BCUT2D eigenvalue weighted by Crippen LogP contribution is 2.29. The smallest absolute Gasteiger partial charge is 0.253 e. The average Bonchev–Trinajstić information content (AvgIpc) is 3.39. The number of hydrogen-bond acceptors (Lipinski definition) is 4. The molecule has 6 nitrogen and oxygen atoms in total. The van der Waals surface area contributed by atoms with E-state index >= 15 is 0 Å². The zero-order valence-electron chi connectivity index (χ0n) is 15.4. The van der Waals surface area contributed by atoms with Crippen molar-refractivity contribution in [3.05, 3.63) is 23.8 Å². The highest BCUT2D eigenvalue weighted by Gasteiger charge is 2.26. The van der Waals surface area contributed by atoms with Crippen LogP contribution in [-0.4, -0.2) is 44.4 Å². The number of nitrogens with one attached hydrogen (secondary N) is 1. The van der Waals surface area contributed by atoms with Crippen LogP contribution in [-0.2, 0) is 19.6 Å². The average molecular weight is 368 g/mol. The normalized spacial score (nSPS) is 16.0. The van der Waals surface area contributed by atoms with Crippen molar-refractivity contribution in [3.63, 3.8) is 0 Å². The minimum Gasteiger partial charge on any atom is -0.368 e. The van der Waals surface area contributed by atoms with Crippen LogP contribution in [0, 0.1) is 12.8 Å². The van der Waals surface area contributed by atoms with Crippen LogP contribution in [0.15, 0.2) is 23.1 Å². The number of amides is 1.